The average Bonchev–Trinajstić information content (AvgIpc) is 3.47. The third kappa shape index (κ3) is 5.79. The van der Waals surface area contributed by atoms with Gasteiger partial charge in [-0.2, -0.15) is 0 Å². The Balaban J connectivity index is 1.55. The number of esters is 1. The number of nitrogens with one attached hydrogen (secondary N) is 1. The zero-order valence-electron chi connectivity index (χ0n) is 14.5. The van der Waals surface area contributed by atoms with Crippen LogP contribution in [0.2, 0.25) is 0 Å². The van der Waals surface area contributed by atoms with Crippen molar-refractivity contribution >= 4 is 23.6 Å². The van der Waals surface area contributed by atoms with Gasteiger partial charge in [0.25, 0.3) is 5.91 Å². The molecule has 2 aromatic carbocycles. The summed E-state index contributed by atoms with van der Waals surface area (Å²) in [4.78, 5) is 25.1. The van der Waals surface area contributed by atoms with E-state index in [2.05, 4.69) is 5.32 Å². The van der Waals surface area contributed by atoms with Gasteiger partial charge in [0.1, 0.15) is 0 Å². The molecule has 3 rings (SSSR count). The summed E-state index contributed by atoms with van der Waals surface area (Å²) in [6.45, 7) is 0. The summed E-state index contributed by atoms with van der Waals surface area (Å²) in [5.41, 5.74) is 0.609. The lowest BCUT2D eigenvalue weighted by Gasteiger charge is -2.18. The van der Waals surface area contributed by atoms with Crippen molar-refractivity contribution in [1.29, 1.82) is 0 Å². The molecule has 1 N–H and O–H groups in total. The molecule has 0 aromatic heterocycles. The number of carbonyl (C=O) groups excluding carboxylic acids is 2. The van der Waals surface area contributed by atoms with Crippen molar-refractivity contribution in [1.82, 2.24) is 5.32 Å². The predicted octanol–water partition coefficient (Wildman–Crippen LogP) is 4.01. The molecule has 27 heavy (non-hydrogen) atoms. The first-order chi connectivity index (χ1) is 13.0. The van der Waals surface area contributed by atoms with Crippen LogP contribution in [0.4, 0.5) is 8.78 Å². The number of ether oxygens (including phenoxy) is 1. The van der Waals surface area contributed by atoms with Gasteiger partial charge in [-0.05, 0) is 31.0 Å². The third-order valence-corrected chi connectivity index (χ3v) is 4.97. The van der Waals surface area contributed by atoms with Gasteiger partial charge in [-0.1, -0.05) is 30.3 Å². The predicted molar refractivity (Wildman–Crippen MR) is 98.1 cm³/mol. The maximum Gasteiger partial charge on any atom is 0.307 e. The maximum atomic E-state index is 13.2. The van der Waals surface area contributed by atoms with Crippen molar-refractivity contribution in [3.8, 4) is 0 Å². The largest absolute Gasteiger partial charge is 0.447 e. The van der Waals surface area contributed by atoms with Gasteiger partial charge in [-0.3, -0.25) is 9.59 Å². The van der Waals surface area contributed by atoms with Crippen LogP contribution in [0.25, 0.3) is 0 Å². The van der Waals surface area contributed by atoms with Gasteiger partial charge in [-0.15, -0.1) is 11.8 Å². The Morgan fingerprint density at radius 3 is 2.52 bits per heavy atom. The molecule has 7 heteroatoms. The first-order valence-corrected chi connectivity index (χ1v) is 9.64. The third-order valence-electron chi connectivity index (χ3n) is 3.98. The van der Waals surface area contributed by atoms with E-state index in [-0.39, 0.29) is 18.4 Å². The minimum absolute atomic E-state index is 0.0453. The number of amides is 1. The van der Waals surface area contributed by atoms with Crippen molar-refractivity contribution in [3.05, 3.63) is 65.7 Å². The summed E-state index contributed by atoms with van der Waals surface area (Å²) in [5, 5.41) is 2.85. The quantitative estimate of drug-likeness (QED) is 0.546. The monoisotopic (exact) mass is 391 g/mol. The van der Waals surface area contributed by atoms with Gasteiger partial charge >= 0.3 is 5.97 Å². The average molecular weight is 391 g/mol. The molecule has 1 aliphatic rings. The van der Waals surface area contributed by atoms with Crippen LogP contribution in [0.3, 0.4) is 0 Å². The molecule has 1 fully saturated rings. The molecule has 1 saturated carbocycles. The summed E-state index contributed by atoms with van der Waals surface area (Å²) in [5.74, 6) is -2.36. The van der Waals surface area contributed by atoms with Gasteiger partial charge < -0.3 is 10.1 Å². The summed E-state index contributed by atoms with van der Waals surface area (Å²) in [6, 6.07) is 12.6. The Kier molecular flexibility index (Phi) is 6.45. The highest BCUT2D eigenvalue weighted by Gasteiger charge is 2.30. The van der Waals surface area contributed by atoms with Crippen LogP contribution in [0.15, 0.2) is 53.4 Å². The van der Waals surface area contributed by atoms with Crippen LogP contribution in [-0.2, 0) is 14.3 Å². The molecule has 0 radical (unpaired) electrons. The molecule has 0 bridgehead atoms. The highest BCUT2D eigenvalue weighted by atomic mass is 32.2. The number of carbonyl (C=O) groups is 2. The summed E-state index contributed by atoms with van der Waals surface area (Å²) < 4.78 is 31.5. The highest BCUT2D eigenvalue weighted by molar-refractivity contribution is 7.99. The number of halogens is 2. The van der Waals surface area contributed by atoms with Crippen LogP contribution < -0.4 is 5.32 Å². The van der Waals surface area contributed by atoms with Crippen molar-refractivity contribution in [3.63, 3.8) is 0 Å². The van der Waals surface area contributed by atoms with E-state index in [0.29, 0.717) is 16.2 Å². The van der Waals surface area contributed by atoms with Crippen molar-refractivity contribution in [2.24, 2.45) is 0 Å². The summed E-state index contributed by atoms with van der Waals surface area (Å²) in [6.07, 6.45) is 0.925. The Hall–Kier alpha value is -2.41. The molecule has 2 aromatic rings. The van der Waals surface area contributed by atoms with Crippen molar-refractivity contribution in [2.45, 2.75) is 36.3 Å². The minimum Gasteiger partial charge on any atom is -0.447 e. The van der Waals surface area contributed by atoms with Gasteiger partial charge in [0.2, 0.25) is 6.10 Å². The van der Waals surface area contributed by atoms with E-state index in [1.54, 1.807) is 24.3 Å². The van der Waals surface area contributed by atoms with E-state index in [9.17, 15) is 18.4 Å². The van der Waals surface area contributed by atoms with Gasteiger partial charge in [0.15, 0.2) is 11.6 Å². The summed E-state index contributed by atoms with van der Waals surface area (Å²) >= 11 is 1.22. The first kappa shape index (κ1) is 19.4. The van der Waals surface area contributed by atoms with Crippen LogP contribution in [0.5, 0.6) is 0 Å². The van der Waals surface area contributed by atoms with E-state index < -0.39 is 23.7 Å². The number of hydrogen-bond acceptors (Lipinski definition) is 4. The molecular formula is C20H19F2NO3S. The number of hydrogen-bond donors (Lipinski definition) is 1. The maximum absolute atomic E-state index is 13.2. The molecule has 0 aliphatic heterocycles. The van der Waals surface area contributed by atoms with Crippen LogP contribution in [0.1, 0.15) is 30.9 Å². The molecule has 4 nitrogen and oxygen atoms in total. The zero-order valence-corrected chi connectivity index (χ0v) is 15.3. The molecule has 142 valence electrons. The lowest BCUT2D eigenvalue weighted by atomic mass is 10.1. The SMILES string of the molecule is O=C(CCSc1ccc(F)c(F)c1)O[C@@H](C(=O)NC1CC1)c1ccccc1. The fourth-order valence-corrected chi connectivity index (χ4v) is 3.27. The van der Waals surface area contributed by atoms with Gasteiger partial charge in [0.05, 0.1) is 6.42 Å². The Morgan fingerprint density at radius 1 is 1.11 bits per heavy atom. The normalized spacial score (nSPS) is 14.4. The summed E-state index contributed by atoms with van der Waals surface area (Å²) in [7, 11) is 0. The van der Waals surface area contributed by atoms with Crippen LogP contribution in [-0.4, -0.2) is 23.7 Å². The molecule has 1 amide bonds. The van der Waals surface area contributed by atoms with E-state index in [4.69, 9.17) is 4.74 Å². The Bertz CT molecular complexity index is 812. The Labute approximate surface area is 160 Å². The van der Waals surface area contributed by atoms with Crippen molar-refractivity contribution in [2.75, 3.05) is 5.75 Å². The molecular weight excluding hydrogens is 372 g/mol. The van der Waals surface area contributed by atoms with Crippen LogP contribution in [0, 0.1) is 11.6 Å². The standard InChI is InChI=1S/C20H19F2NO3S/c21-16-9-8-15(12-17(16)22)27-11-10-18(24)26-19(13-4-2-1-3-5-13)20(25)23-14-6-7-14/h1-5,8-9,12,14,19H,6-7,10-11H2,(H,23,25)/t19-/m1/s1. The second-order valence-electron chi connectivity index (χ2n) is 6.24. The fraction of sp³-hybridized carbons (Fsp3) is 0.300. The zero-order chi connectivity index (χ0) is 19.2. The second kappa shape index (κ2) is 8.99. The fourth-order valence-electron chi connectivity index (χ4n) is 2.41. The highest BCUT2D eigenvalue weighted by Crippen LogP contribution is 2.25. The van der Waals surface area contributed by atoms with E-state index >= 15 is 0 Å². The number of rotatable bonds is 8. The first-order valence-electron chi connectivity index (χ1n) is 8.65. The number of benzene rings is 2. The van der Waals surface area contributed by atoms with E-state index in [1.807, 2.05) is 6.07 Å². The molecule has 0 heterocycles. The topological polar surface area (TPSA) is 55.4 Å². The molecule has 0 saturated heterocycles. The van der Waals surface area contributed by atoms with E-state index in [0.717, 1.165) is 25.0 Å². The van der Waals surface area contributed by atoms with E-state index in [1.165, 1.54) is 17.8 Å². The lowest BCUT2D eigenvalue weighted by Crippen LogP contribution is -2.33. The van der Waals surface area contributed by atoms with Gasteiger partial charge in [-0.25, -0.2) is 8.78 Å². The van der Waals surface area contributed by atoms with Gasteiger partial charge in [0, 0.05) is 22.3 Å². The molecule has 0 spiro atoms. The number of thioether (sulfide) groups is 1. The van der Waals surface area contributed by atoms with Crippen molar-refractivity contribution < 1.29 is 23.1 Å². The lowest BCUT2D eigenvalue weighted by molar-refractivity contribution is -0.156. The second-order valence-corrected chi connectivity index (χ2v) is 7.41. The Morgan fingerprint density at radius 2 is 1.85 bits per heavy atom. The van der Waals surface area contributed by atoms with Crippen LogP contribution >= 0.6 is 11.8 Å². The molecule has 1 aliphatic carbocycles. The molecule has 1 atom stereocenters. The smallest absolute Gasteiger partial charge is 0.307 e. The molecule has 0 unspecified atom stereocenters. The minimum atomic E-state index is -0.993.